The molecular formula is C14H22O. The lowest BCUT2D eigenvalue weighted by molar-refractivity contribution is 0.158. The first-order valence-corrected chi connectivity index (χ1v) is 5.91. The van der Waals surface area contributed by atoms with Crippen LogP contribution in [0.25, 0.3) is 0 Å². The van der Waals surface area contributed by atoms with Crippen molar-refractivity contribution in [1.82, 2.24) is 0 Å². The molecule has 0 heterocycles. The lowest BCUT2D eigenvalue weighted by atomic mass is 9.95. The minimum atomic E-state index is -0.288. The van der Waals surface area contributed by atoms with Crippen molar-refractivity contribution < 1.29 is 5.11 Å². The third kappa shape index (κ3) is 3.67. The molecule has 0 aliphatic heterocycles. The van der Waals surface area contributed by atoms with Crippen LogP contribution < -0.4 is 0 Å². The maximum Gasteiger partial charge on any atom is 0.0792 e. The summed E-state index contributed by atoms with van der Waals surface area (Å²) in [5.41, 5.74) is 2.38. The molecule has 1 aromatic rings. The first kappa shape index (κ1) is 12.3. The Morgan fingerprint density at radius 3 is 2.40 bits per heavy atom. The van der Waals surface area contributed by atoms with E-state index >= 15 is 0 Å². The van der Waals surface area contributed by atoms with E-state index in [4.69, 9.17) is 0 Å². The van der Waals surface area contributed by atoms with Crippen molar-refractivity contribution in [3.05, 3.63) is 35.4 Å². The Morgan fingerprint density at radius 1 is 1.13 bits per heavy atom. The van der Waals surface area contributed by atoms with Crippen molar-refractivity contribution in [2.45, 2.75) is 46.1 Å². The Hall–Kier alpha value is -0.820. The van der Waals surface area contributed by atoms with E-state index in [1.807, 2.05) is 18.2 Å². The van der Waals surface area contributed by atoms with Crippen LogP contribution in [0, 0.1) is 5.92 Å². The molecule has 0 aromatic heterocycles. The van der Waals surface area contributed by atoms with Crippen molar-refractivity contribution in [3.8, 4) is 0 Å². The van der Waals surface area contributed by atoms with Gasteiger partial charge in [0.05, 0.1) is 6.10 Å². The molecule has 1 aromatic carbocycles. The summed E-state index contributed by atoms with van der Waals surface area (Å²) >= 11 is 0. The topological polar surface area (TPSA) is 20.2 Å². The molecule has 1 heteroatoms. The van der Waals surface area contributed by atoms with Gasteiger partial charge in [0.15, 0.2) is 0 Å². The van der Waals surface area contributed by atoms with Gasteiger partial charge < -0.3 is 5.11 Å². The molecule has 0 radical (unpaired) electrons. The number of aryl methyl sites for hydroxylation is 1. The molecule has 1 unspecified atom stereocenters. The highest BCUT2D eigenvalue weighted by molar-refractivity contribution is 5.28. The molecule has 0 aliphatic carbocycles. The van der Waals surface area contributed by atoms with Crippen LogP contribution >= 0.6 is 0 Å². The van der Waals surface area contributed by atoms with Gasteiger partial charge in [-0.2, -0.15) is 0 Å². The number of benzene rings is 1. The van der Waals surface area contributed by atoms with Gasteiger partial charge in [-0.1, -0.05) is 45.0 Å². The summed E-state index contributed by atoms with van der Waals surface area (Å²) in [6.07, 6.45) is 2.66. The van der Waals surface area contributed by atoms with Crippen LogP contribution in [0.5, 0.6) is 0 Å². The van der Waals surface area contributed by atoms with Gasteiger partial charge in [-0.25, -0.2) is 0 Å². The van der Waals surface area contributed by atoms with Crippen LogP contribution in [0.1, 0.15) is 50.8 Å². The third-order valence-corrected chi connectivity index (χ3v) is 2.81. The minimum Gasteiger partial charge on any atom is -0.388 e. The second kappa shape index (κ2) is 5.92. The van der Waals surface area contributed by atoms with Gasteiger partial charge in [0.25, 0.3) is 0 Å². The highest BCUT2D eigenvalue weighted by Gasteiger charge is 2.11. The van der Waals surface area contributed by atoms with E-state index in [1.165, 1.54) is 5.56 Å². The summed E-state index contributed by atoms with van der Waals surface area (Å²) in [5, 5.41) is 10.1. The maximum atomic E-state index is 10.1. The molecule has 0 saturated heterocycles. The molecule has 1 N–H and O–H groups in total. The second-order valence-corrected chi connectivity index (χ2v) is 4.54. The molecule has 0 spiro atoms. The van der Waals surface area contributed by atoms with E-state index < -0.39 is 0 Å². The van der Waals surface area contributed by atoms with E-state index in [2.05, 4.69) is 26.8 Å². The Kier molecular flexibility index (Phi) is 4.83. The Balaban J connectivity index is 2.68. The Labute approximate surface area is 93.1 Å². The van der Waals surface area contributed by atoms with E-state index in [0.29, 0.717) is 5.92 Å². The third-order valence-electron chi connectivity index (χ3n) is 2.81. The Morgan fingerprint density at radius 2 is 1.80 bits per heavy atom. The fourth-order valence-electron chi connectivity index (χ4n) is 1.83. The maximum absolute atomic E-state index is 10.1. The molecule has 0 amide bonds. The van der Waals surface area contributed by atoms with Gasteiger partial charge in [0.2, 0.25) is 0 Å². The van der Waals surface area contributed by atoms with Crippen LogP contribution in [0.15, 0.2) is 24.3 Å². The molecule has 1 atom stereocenters. The van der Waals surface area contributed by atoms with Gasteiger partial charge >= 0.3 is 0 Å². The zero-order valence-corrected chi connectivity index (χ0v) is 10.0. The number of hydrogen-bond acceptors (Lipinski definition) is 1. The summed E-state index contributed by atoms with van der Waals surface area (Å²) in [6, 6.07) is 8.20. The molecule has 1 rings (SSSR count). The molecule has 0 bridgehead atoms. The largest absolute Gasteiger partial charge is 0.388 e. The molecule has 0 saturated carbocycles. The monoisotopic (exact) mass is 206 g/mol. The minimum absolute atomic E-state index is 0.288. The van der Waals surface area contributed by atoms with Crippen LogP contribution in [0.3, 0.4) is 0 Å². The standard InChI is InChI=1S/C14H22O/c1-4-12-7-5-6-8-13(12)14(15)10-9-11(2)3/h5-8,11,14-15H,4,9-10H2,1-3H3. The quantitative estimate of drug-likeness (QED) is 0.778. The zero-order valence-electron chi connectivity index (χ0n) is 10.0. The van der Waals surface area contributed by atoms with Gasteiger partial charge in [-0.05, 0) is 36.3 Å². The van der Waals surface area contributed by atoms with Crippen LogP contribution in [-0.2, 0) is 6.42 Å². The van der Waals surface area contributed by atoms with Gasteiger partial charge in [-0.3, -0.25) is 0 Å². The number of aliphatic hydroxyl groups is 1. The molecular weight excluding hydrogens is 184 g/mol. The molecule has 1 nitrogen and oxygen atoms in total. The number of aliphatic hydroxyl groups excluding tert-OH is 1. The van der Waals surface area contributed by atoms with E-state index in [-0.39, 0.29) is 6.10 Å². The van der Waals surface area contributed by atoms with E-state index in [9.17, 15) is 5.11 Å². The molecule has 84 valence electrons. The normalized spacial score (nSPS) is 13.1. The van der Waals surface area contributed by atoms with Crippen molar-refractivity contribution >= 4 is 0 Å². The summed E-state index contributed by atoms with van der Waals surface area (Å²) in [4.78, 5) is 0. The lowest BCUT2D eigenvalue weighted by Gasteiger charge is -2.15. The highest BCUT2D eigenvalue weighted by atomic mass is 16.3. The van der Waals surface area contributed by atoms with Gasteiger partial charge in [0, 0.05) is 0 Å². The van der Waals surface area contributed by atoms with Crippen LogP contribution in [0.4, 0.5) is 0 Å². The average Bonchev–Trinajstić information content (AvgIpc) is 2.25. The fourth-order valence-corrected chi connectivity index (χ4v) is 1.83. The lowest BCUT2D eigenvalue weighted by Crippen LogP contribution is -2.03. The molecule has 0 fully saturated rings. The fraction of sp³-hybridized carbons (Fsp3) is 0.571. The van der Waals surface area contributed by atoms with Crippen molar-refractivity contribution in [3.63, 3.8) is 0 Å². The second-order valence-electron chi connectivity index (χ2n) is 4.54. The van der Waals surface area contributed by atoms with Gasteiger partial charge in [-0.15, -0.1) is 0 Å². The average molecular weight is 206 g/mol. The van der Waals surface area contributed by atoms with Crippen molar-refractivity contribution in [2.75, 3.05) is 0 Å². The molecule has 0 aliphatic rings. The first-order chi connectivity index (χ1) is 7.15. The summed E-state index contributed by atoms with van der Waals surface area (Å²) < 4.78 is 0. The van der Waals surface area contributed by atoms with Crippen molar-refractivity contribution in [1.29, 1.82) is 0 Å². The van der Waals surface area contributed by atoms with Crippen molar-refractivity contribution in [2.24, 2.45) is 5.92 Å². The number of hydrogen-bond donors (Lipinski definition) is 1. The van der Waals surface area contributed by atoms with Crippen LogP contribution in [-0.4, -0.2) is 5.11 Å². The van der Waals surface area contributed by atoms with Crippen LogP contribution in [0.2, 0.25) is 0 Å². The zero-order chi connectivity index (χ0) is 11.3. The Bertz CT molecular complexity index is 291. The smallest absolute Gasteiger partial charge is 0.0792 e. The van der Waals surface area contributed by atoms with E-state index in [0.717, 1.165) is 24.8 Å². The predicted molar refractivity (Wildman–Crippen MR) is 64.9 cm³/mol. The van der Waals surface area contributed by atoms with Gasteiger partial charge in [0.1, 0.15) is 0 Å². The first-order valence-electron chi connectivity index (χ1n) is 5.91. The predicted octanol–water partition coefficient (Wildman–Crippen LogP) is 3.72. The SMILES string of the molecule is CCc1ccccc1C(O)CCC(C)C. The highest BCUT2D eigenvalue weighted by Crippen LogP contribution is 2.24. The summed E-state index contributed by atoms with van der Waals surface area (Å²) in [5.74, 6) is 0.661. The molecule has 15 heavy (non-hydrogen) atoms. The number of rotatable bonds is 5. The summed E-state index contributed by atoms with van der Waals surface area (Å²) in [6.45, 7) is 6.52. The van der Waals surface area contributed by atoms with E-state index in [1.54, 1.807) is 0 Å². The summed E-state index contributed by atoms with van der Waals surface area (Å²) in [7, 11) is 0.